The monoisotopic (exact) mass is 432 g/mol. The number of fused-ring (bicyclic) bond motifs is 3. The lowest BCUT2D eigenvalue weighted by atomic mass is 9.97. The molecule has 152 valence electrons. The summed E-state index contributed by atoms with van der Waals surface area (Å²) in [5, 5.41) is 0.921. The first kappa shape index (κ1) is 19.7. The molecule has 0 amide bonds. The average Bonchev–Trinajstić information content (AvgIpc) is 3.11. The maximum absolute atomic E-state index is 12.4. The number of nitrogens with one attached hydrogen (secondary N) is 1. The van der Waals surface area contributed by atoms with Crippen molar-refractivity contribution in [3.63, 3.8) is 0 Å². The summed E-state index contributed by atoms with van der Waals surface area (Å²) in [7, 11) is -2.34. The van der Waals surface area contributed by atoms with Crippen LogP contribution in [0, 0.1) is 0 Å². The molecule has 0 aliphatic heterocycles. The number of hydrogen-bond acceptors (Lipinski definition) is 8. The zero-order chi connectivity index (χ0) is 20.6. The van der Waals surface area contributed by atoms with E-state index < -0.39 is 16.0 Å². The number of nitrogens with two attached hydrogens (primary N) is 1. The normalized spacial score (nSPS) is 14.0. The lowest BCUT2D eigenvalue weighted by Gasteiger charge is -2.11. The summed E-state index contributed by atoms with van der Waals surface area (Å²) in [5.41, 5.74) is 7.54. The molecule has 0 saturated carbocycles. The third-order valence-corrected chi connectivity index (χ3v) is 7.47. The number of nitrogen functional groups attached to an aromatic ring is 1. The molecule has 8 nitrogen and oxygen atoms in total. The summed E-state index contributed by atoms with van der Waals surface area (Å²) in [4.78, 5) is 23.3. The first-order chi connectivity index (χ1) is 13.9. The number of ether oxygens (including phenoxy) is 1. The van der Waals surface area contributed by atoms with Crippen LogP contribution in [0.5, 0.6) is 0 Å². The maximum Gasteiger partial charge on any atom is 0.338 e. The van der Waals surface area contributed by atoms with Gasteiger partial charge in [-0.05, 0) is 56.5 Å². The van der Waals surface area contributed by atoms with E-state index in [1.165, 1.54) is 48.2 Å². The van der Waals surface area contributed by atoms with Crippen molar-refractivity contribution < 1.29 is 17.9 Å². The molecule has 1 aliphatic carbocycles. The van der Waals surface area contributed by atoms with Crippen molar-refractivity contribution in [1.29, 1.82) is 0 Å². The molecule has 1 aliphatic rings. The van der Waals surface area contributed by atoms with Gasteiger partial charge in [-0.25, -0.2) is 27.9 Å². The predicted molar refractivity (Wildman–Crippen MR) is 110 cm³/mol. The van der Waals surface area contributed by atoms with E-state index in [-0.39, 0.29) is 17.1 Å². The smallest absolute Gasteiger partial charge is 0.338 e. The molecule has 2 heterocycles. The maximum atomic E-state index is 12.4. The molecule has 0 bridgehead atoms. The van der Waals surface area contributed by atoms with Gasteiger partial charge in [0.1, 0.15) is 10.6 Å². The van der Waals surface area contributed by atoms with E-state index in [4.69, 9.17) is 10.5 Å². The molecule has 4 rings (SSSR count). The number of aromatic nitrogens is 2. The van der Waals surface area contributed by atoms with Crippen LogP contribution in [-0.2, 0) is 34.2 Å². The molecule has 3 aromatic rings. The highest BCUT2D eigenvalue weighted by molar-refractivity contribution is 7.89. The van der Waals surface area contributed by atoms with Crippen LogP contribution < -0.4 is 10.5 Å². The Labute approximate surface area is 172 Å². The molecule has 2 aromatic heterocycles. The number of nitrogens with zero attached hydrogens (tertiary/aromatic N) is 2. The van der Waals surface area contributed by atoms with E-state index in [0.29, 0.717) is 11.6 Å². The number of anilines is 1. The molecular weight excluding hydrogens is 412 g/mol. The van der Waals surface area contributed by atoms with Crippen molar-refractivity contribution in [1.82, 2.24) is 14.7 Å². The number of carbonyl (C=O) groups is 1. The van der Waals surface area contributed by atoms with E-state index >= 15 is 0 Å². The van der Waals surface area contributed by atoms with Gasteiger partial charge in [-0.2, -0.15) is 0 Å². The summed E-state index contributed by atoms with van der Waals surface area (Å²) in [6, 6.07) is 5.64. The number of thiophene rings is 1. The summed E-state index contributed by atoms with van der Waals surface area (Å²) >= 11 is 1.62. The van der Waals surface area contributed by atoms with Gasteiger partial charge in [0.2, 0.25) is 10.0 Å². The fourth-order valence-corrected chi connectivity index (χ4v) is 5.48. The van der Waals surface area contributed by atoms with Gasteiger partial charge in [0.05, 0.1) is 15.8 Å². The van der Waals surface area contributed by atoms with Gasteiger partial charge in [0, 0.05) is 4.88 Å². The number of sulfonamides is 1. The third kappa shape index (κ3) is 3.83. The summed E-state index contributed by atoms with van der Waals surface area (Å²) in [5.74, 6) is 0.0643. The third-order valence-electron chi connectivity index (χ3n) is 4.87. The van der Waals surface area contributed by atoms with Crippen molar-refractivity contribution >= 4 is 43.4 Å². The zero-order valence-electron chi connectivity index (χ0n) is 15.8. The van der Waals surface area contributed by atoms with E-state index in [1.54, 1.807) is 11.3 Å². The number of esters is 1. The van der Waals surface area contributed by atoms with Crippen LogP contribution in [0.1, 0.15) is 39.5 Å². The summed E-state index contributed by atoms with van der Waals surface area (Å²) in [6.45, 7) is -0.148. The standard InChI is InChI=1S/C19H20N4O4S2/c1-21-29(25,26)12-6-4-5-11(9-12)19(24)27-10-15-22-17(20)16-13-7-2-3-8-14(13)28-18(16)23-15/h4-6,9,21H,2-3,7-8,10H2,1H3,(H2,20,22,23). The first-order valence-corrected chi connectivity index (χ1v) is 11.5. The highest BCUT2D eigenvalue weighted by atomic mass is 32.2. The van der Waals surface area contributed by atoms with E-state index in [2.05, 4.69) is 14.7 Å². The van der Waals surface area contributed by atoms with Gasteiger partial charge in [-0.1, -0.05) is 6.07 Å². The lowest BCUT2D eigenvalue weighted by molar-refractivity contribution is 0.0462. The van der Waals surface area contributed by atoms with Crippen LogP contribution in [0.4, 0.5) is 5.82 Å². The molecular formula is C19H20N4O4S2. The number of aryl methyl sites for hydroxylation is 2. The van der Waals surface area contributed by atoms with Crippen molar-refractivity contribution in [2.24, 2.45) is 0 Å². The predicted octanol–water partition coefficient (Wildman–Crippen LogP) is 2.42. The largest absolute Gasteiger partial charge is 0.454 e. The highest BCUT2D eigenvalue weighted by Crippen LogP contribution is 2.37. The van der Waals surface area contributed by atoms with Gasteiger partial charge in [0.15, 0.2) is 12.4 Å². The quantitative estimate of drug-likeness (QED) is 0.593. The second-order valence-corrected chi connectivity index (χ2v) is 9.70. The molecule has 0 unspecified atom stereocenters. The van der Waals surface area contributed by atoms with Crippen molar-refractivity contribution in [3.05, 3.63) is 46.1 Å². The Morgan fingerprint density at radius 3 is 2.86 bits per heavy atom. The van der Waals surface area contributed by atoms with Crippen LogP contribution in [-0.4, -0.2) is 31.4 Å². The number of carbonyl (C=O) groups excluding carboxylic acids is 1. The minimum atomic E-state index is -3.65. The van der Waals surface area contributed by atoms with Gasteiger partial charge in [-0.3, -0.25) is 0 Å². The number of rotatable bonds is 5. The second kappa shape index (κ2) is 7.69. The Morgan fingerprint density at radius 1 is 1.28 bits per heavy atom. The molecule has 0 radical (unpaired) electrons. The number of benzene rings is 1. The van der Waals surface area contributed by atoms with Crippen LogP contribution in [0.15, 0.2) is 29.2 Å². The second-order valence-electron chi connectivity index (χ2n) is 6.73. The van der Waals surface area contributed by atoms with Gasteiger partial charge >= 0.3 is 5.97 Å². The molecule has 1 aromatic carbocycles. The van der Waals surface area contributed by atoms with E-state index in [1.807, 2.05) is 0 Å². The van der Waals surface area contributed by atoms with Crippen molar-refractivity contribution in [2.45, 2.75) is 37.2 Å². The van der Waals surface area contributed by atoms with Crippen molar-refractivity contribution in [3.8, 4) is 0 Å². The van der Waals surface area contributed by atoms with Gasteiger partial charge in [-0.15, -0.1) is 11.3 Å². The molecule has 29 heavy (non-hydrogen) atoms. The molecule has 10 heteroatoms. The lowest BCUT2D eigenvalue weighted by Crippen LogP contribution is -2.19. The Hall–Kier alpha value is -2.56. The Morgan fingerprint density at radius 2 is 2.07 bits per heavy atom. The van der Waals surface area contributed by atoms with E-state index in [9.17, 15) is 13.2 Å². The molecule has 0 atom stereocenters. The van der Waals surface area contributed by atoms with Crippen LogP contribution in [0.2, 0.25) is 0 Å². The van der Waals surface area contributed by atoms with Gasteiger partial charge < -0.3 is 10.5 Å². The molecule has 0 fully saturated rings. The zero-order valence-corrected chi connectivity index (χ0v) is 17.4. The molecule has 0 saturated heterocycles. The summed E-state index contributed by atoms with van der Waals surface area (Å²) in [6.07, 6.45) is 4.33. The first-order valence-electron chi connectivity index (χ1n) is 9.16. The average molecular weight is 433 g/mol. The number of hydrogen-bond donors (Lipinski definition) is 2. The van der Waals surface area contributed by atoms with Crippen LogP contribution in [0.3, 0.4) is 0 Å². The van der Waals surface area contributed by atoms with Gasteiger partial charge in [0.25, 0.3) is 0 Å². The minimum Gasteiger partial charge on any atom is -0.454 e. The van der Waals surface area contributed by atoms with E-state index in [0.717, 1.165) is 29.5 Å². The fraction of sp³-hybridized carbons (Fsp3) is 0.316. The minimum absolute atomic E-state index is 0.0134. The summed E-state index contributed by atoms with van der Waals surface area (Å²) < 4.78 is 31.3. The Bertz CT molecular complexity index is 1200. The highest BCUT2D eigenvalue weighted by Gasteiger charge is 2.21. The molecule has 3 N–H and O–H groups in total. The topological polar surface area (TPSA) is 124 Å². The Balaban J connectivity index is 1.54. The van der Waals surface area contributed by atoms with Crippen LogP contribution >= 0.6 is 11.3 Å². The molecule has 0 spiro atoms. The fourth-order valence-electron chi connectivity index (χ4n) is 3.42. The SMILES string of the molecule is CNS(=O)(=O)c1cccc(C(=O)OCc2nc(N)c3c4c(sc3n2)CCCC4)c1. The van der Waals surface area contributed by atoms with Crippen molar-refractivity contribution in [2.75, 3.05) is 12.8 Å². The van der Waals surface area contributed by atoms with Crippen LogP contribution in [0.25, 0.3) is 10.2 Å². The Kier molecular flexibility index (Phi) is 5.24.